The van der Waals surface area contributed by atoms with Crippen LogP contribution in [-0.4, -0.2) is 11.3 Å². The smallest absolute Gasteiger partial charge is 0.136 e. The van der Waals surface area contributed by atoms with E-state index >= 15 is 0 Å². The predicted molar refractivity (Wildman–Crippen MR) is 72.4 cm³/mol. The van der Waals surface area contributed by atoms with Gasteiger partial charge >= 0.3 is 0 Å². The average molecular weight is 235 g/mol. The number of carbonyl (C=O) groups is 1. The van der Waals surface area contributed by atoms with Gasteiger partial charge in [0.25, 0.3) is 0 Å². The first kappa shape index (κ1) is 10.9. The molecule has 88 valence electrons. The molecule has 1 aliphatic carbocycles. The molecule has 2 nitrogen and oxygen atoms in total. The largest absolute Gasteiger partial charge is 0.302 e. The number of hydrogen-bond acceptors (Lipinski definition) is 2. The molecule has 0 saturated heterocycles. The second kappa shape index (κ2) is 4.22. The molecule has 2 heteroatoms. The molecule has 1 heterocycles. The highest BCUT2D eigenvalue weighted by molar-refractivity contribution is 5.89. The predicted octanol–water partition coefficient (Wildman–Crippen LogP) is 3.19. The molecule has 0 radical (unpaired) electrons. The summed E-state index contributed by atoms with van der Waals surface area (Å²) in [4.78, 5) is 16.1. The van der Waals surface area contributed by atoms with E-state index in [1.54, 1.807) is 6.20 Å². The van der Waals surface area contributed by atoms with Crippen LogP contribution in [0.2, 0.25) is 0 Å². The number of rotatable bonds is 2. The van der Waals surface area contributed by atoms with Crippen molar-refractivity contribution in [3.05, 3.63) is 66.5 Å². The van der Waals surface area contributed by atoms with E-state index in [1.807, 2.05) is 54.6 Å². The van der Waals surface area contributed by atoms with Crippen LogP contribution in [-0.2, 0) is 10.2 Å². The Bertz CT molecular complexity index is 652. The lowest BCUT2D eigenvalue weighted by atomic mass is 9.78. The second-order valence-corrected chi connectivity index (χ2v) is 4.53. The minimum atomic E-state index is -0.615. The van der Waals surface area contributed by atoms with E-state index in [0.29, 0.717) is 6.42 Å². The Balaban J connectivity index is 2.28. The summed E-state index contributed by atoms with van der Waals surface area (Å²) >= 11 is 0. The molecule has 18 heavy (non-hydrogen) atoms. The van der Waals surface area contributed by atoms with Crippen molar-refractivity contribution in [1.29, 1.82) is 0 Å². The van der Waals surface area contributed by atoms with Crippen LogP contribution >= 0.6 is 0 Å². The minimum Gasteiger partial charge on any atom is -0.302 e. The Morgan fingerprint density at radius 2 is 2.06 bits per heavy atom. The molecule has 0 N–H and O–H groups in total. The van der Waals surface area contributed by atoms with E-state index in [-0.39, 0.29) is 0 Å². The van der Waals surface area contributed by atoms with Crippen LogP contribution in [0.15, 0.2) is 60.8 Å². The highest BCUT2D eigenvalue weighted by atomic mass is 16.1. The van der Waals surface area contributed by atoms with Crippen LogP contribution in [0.3, 0.4) is 0 Å². The van der Waals surface area contributed by atoms with Crippen molar-refractivity contribution < 1.29 is 4.79 Å². The van der Waals surface area contributed by atoms with Crippen molar-refractivity contribution in [1.82, 2.24) is 4.98 Å². The number of aromatic nitrogens is 1. The molecule has 0 amide bonds. The third-order valence-corrected chi connectivity index (χ3v) is 3.42. The fraction of sp³-hybridized carbons (Fsp3) is 0.125. The van der Waals surface area contributed by atoms with Crippen molar-refractivity contribution >= 4 is 17.1 Å². The number of hydrogen-bond donors (Lipinski definition) is 0. The van der Waals surface area contributed by atoms with Gasteiger partial charge in [0.2, 0.25) is 0 Å². The van der Waals surface area contributed by atoms with Crippen molar-refractivity contribution in [2.45, 2.75) is 11.8 Å². The summed E-state index contributed by atoms with van der Waals surface area (Å²) in [7, 11) is 0. The van der Waals surface area contributed by atoms with Gasteiger partial charge in [0.1, 0.15) is 6.29 Å². The lowest BCUT2D eigenvalue weighted by Crippen LogP contribution is -2.27. The Hall–Kier alpha value is -2.22. The zero-order valence-electron chi connectivity index (χ0n) is 9.91. The van der Waals surface area contributed by atoms with Crippen molar-refractivity contribution in [2.75, 3.05) is 0 Å². The van der Waals surface area contributed by atoms with Gasteiger partial charge in [0.15, 0.2) is 0 Å². The quantitative estimate of drug-likeness (QED) is 0.748. The van der Waals surface area contributed by atoms with Gasteiger partial charge < -0.3 is 4.79 Å². The van der Waals surface area contributed by atoms with Gasteiger partial charge in [-0.25, -0.2) is 0 Å². The molecule has 1 aromatic carbocycles. The second-order valence-electron chi connectivity index (χ2n) is 4.53. The monoisotopic (exact) mass is 235 g/mol. The van der Waals surface area contributed by atoms with E-state index in [1.165, 1.54) is 0 Å². The lowest BCUT2D eigenvalue weighted by Gasteiger charge is -2.25. The highest BCUT2D eigenvalue weighted by Crippen LogP contribution is 2.33. The van der Waals surface area contributed by atoms with E-state index in [0.717, 1.165) is 22.8 Å². The molecule has 0 bridgehead atoms. The fourth-order valence-corrected chi connectivity index (χ4v) is 2.45. The van der Waals surface area contributed by atoms with E-state index in [4.69, 9.17) is 0 Å². The Labute approximate surface area is 106 Å². The number of benzene rings is 1. The number of allylic oxidation sites excluding steroid dienone is 4. The van der Waals surface area contributed by atoms with Gasteiger partial charge in [-0.15, -0.1) is 0 Å². The summed E-state index contributed by atoms with van der Waals surface area (Å²) in [5, 5.41) is 2.17. The molecular weight excluding hydrogens is 222 g/mol. The molecule has 1 atom stereocenters. The summed E-state index contributed by atoms with van der Waals surface area (Å²) in [5.41, 5.74) is 0.228. The zero-order chi connectivity index (χ0) is 12.4. The first-order valence-electron chi connectivity index (χ1n) is 6.01. The maximum atomic E-state index is 11.6. The normalized spacial score (nSPS) is 22.2. The summed E-state index contributed by atoms with van der Waals surface area (Å²) in [5.74, 6) is 0. The lowest BCUT2D eigenvalue weighted by molar-refractivity contribution is -0.111. The molecule has 3 rings (SSSR count). The molecule has 0 fully saturated rings. The number of pyridine rings is 1. The topological polar surface area (TPSA) is 30.0 Å². The van der Waals surface area contributed by atoms with Gasteiger partial charge in [0, 0.05) is 11.6 Å². The van der Waals surface area contributed by atoms with E-state index < -0.39 is 5.41 Å². The Morgan fingerprint density at radius 3 is 2.83 bits per heavy atom. The van der Waals surface area contributed by atoms with Gasteiger partial charge in [-0.2, -0.15) is 0 Å². The fourth-order valence-electron chi connectivity index (χ4n) is 2.45. The third-order valence-electron chi connectivity index (χ3n) is 3.42. The average Bonchev–Trinajstić information content (AvgIpc) is 2.47. The number of aldehydes is 1. The van der Waals surface area contributed by atoms with Crippen molar-refractivity contribution in [2.24, 2.45) is 0 Å². The molecular formula is C16H13NO. The molecule has 1 aromatic heterocycles. The van der Waals surface area contributed by atoms with Gasteiger partial charge in [-0.05, 0) is 17.9 Å². The molecule has 0 aliphatic heterocycles. The maximum Gasteiger partial charge on any atom is 0.136 e. The number of fused-ring (bicyclic) bond motifs is 1. The molecule has 0 spiro atoms. The molecule has 0 saturated carbocycles. The van der Waals surface area contributed by atoms with E-state index in [9.17, 15) is 4.79 Å². The van der Waals surface area contributed by atoms with Crippen molar-refractivity contribution in [3.8, 4) is 0 Å². The van der Waals surface area contributed by atoms with Gasteiger partial charge in [-0.3, -0.25) is 4.98 Å². The van der Waals surface area contributed by atoms with E-state index in [2.05, 4.69) is 4.98 Å². The minimum absolute atomic E-state index is 0.615. The first-order valence-corrected chi connectivity index (χ1v) is 6.01. The number of nitrogens with zero attached hydrogens (tertiary/aromatic N) is 1. The van der Waals surface area contributed by atoms with Crippen LogP contribution < -0.4 is 0 Å². The summed E-state index contributed by atoms with van der Waals surface area (Å²) in [6.07, 6.45) is 11.3. The van der Waals surface area contributed by atoms with Crippen LogP contribution in [0.1, 0.15) is 12.1 Å². The summed E-state index contributed by atoms with van der Waals surface area (Å²) < 4.78 is 0. The van der Waals surface area contributed by atoms with Crippen LogP contribution in [0.4, 0.5) is 0 Å². The molecule has 2 aromatic rings. The SMILES string of the molecule is O=CC1(c2nccc3ccccc23)C=CC=CC1. The van der Waals surface area contributed by atoms with Crippen LogP contribution in [0.5, 0.6) is 0 Å². The molecule has 1 aliphatic rings. The highest BCUT2D eigenvalue weighted by Gasteiger charge is 2.31. The maximum absolute atomic E-state index is 11.6. The molecule has 1 unspecified atom stereocenters. The Morgan fingerprint density at radius 1 is 1.17 bits per heavy atom. The third kappa shape index (κ3) is 1.58. The van der Waals surface area contributed by atoms with Crippen LogP contribution in [0, 0.1) is 0 Å². The standard InChI is InChI=1S/C16H13NO/c18-12-16(9-4-1-5-10-16)15-14-7-3-2-6-13(14)8-11-17-15/h1-9,11-12H,10H2. The van der Waals surface area contributed by atoms with Crippen molar-refractivity contribution in [3.63, 3.8) is 0 Å². The van der Waals surface area contributed by atoms with Gasteiger partial charge in [0.05, 0.1) is 11.1 Å². The Kier molecular flexibility index (Phi) is 2.56. The van der Waals surface area contributed by atoms with Crippen LogP contribution in [0.25, 0.3) is 10.8 Å². The number of carbonyl (C=O) groups excluding carboxylic acids is 1. The first-order chi connectivity index (χ1) is 8.86. The summed E-state index contributed by atoms with van der Waals surface area (Å²) in [6, 6.07) is 10.0. The zero-order valence-corrected chi connectivity index (χ0v) is 9.91. The summed E-state index contributed by atoms with van der Waals surface area (Å²) in [6.45, 7) is 0. The van der Waals surface area contributed by atoms with Gasteiger partial charge in [-0.1, -0.05) is 48.6 Å².